The Morgan fingerprint density at radius 1 is 1.32 bits per heavy atom. The van der Waals surface area contributed by atoms with Crippen LogP contribution in [-0.2, 0) is 16.9 Å². The number of Topliss-reactive ketones (excluding diaryl/α,β-unsaturated/α-hetero) is 1. The molecule has 0 radical (unpaired) electrons. The van der Waals surface area contributed by atoms with E-state index in [0.717, 1.165) is 0 Å². The molecule has 1 saturated heterocycles. The van der Waals surface area contributed by atoms with Crippen LogP contribution in [0.3, 0.4) is 0 Å². The fourth-order valence-corrected chi connectivity index (χ4v) is 5.48. The summed E-state index contributed by atoms with van der Waals surface area (Å²) in [6, 6.07) is 5.43. The van der Waals surface area contributed by atoms with Gasteiger partial charge < -0.3 is 4.57 Å². The summed E-state index contributed by atoms with van der Waals surface area (Å²) in [5.74, 6) is 0.226. The first-order valence-electron chi connectivity index (χ1n) is 7.83. The van der Waals surface area contributed by atoms with E-state index in [0.29, 0.717) is 23.0 Å². The number of hydrogen-bond donors (Lipinski definition) is 0. The van der Waals surface area contributed by atoms with Crippen LogP contribution in [0.5, 0.6) is 0 Å². The van der Waals surface area contributed by atoms with Gasteiger partial charge in [0.1, 0.15) is 11.6 Å². The Labute approximate surface area is 149 Å². The van der Waals surface area contributed by atoms with Gasteiger partial charge in [-0.3, -0.25) is 4.79 Å². The molecule has 6 nitrogen and oxygen atoms in total. The Morgan fingerprint density at radius 2 is 2.00 bits per heavy atom. The fraction of sp³-hybridized carbons (Fsp3) is 0.438. The molecule has 3 rings (SSSR count). The highest BCUT2D eigenvalue weighted by Crippen LogP contribution is 2.31. The number of sulfone groups is 1. The van der Waals surface area contributed by atoms with Gasteiger partial charge in [0.25, 0.3) is 0 Å². The number of benzene rings is 1. The first-order chi connectivity index (χ1) is 11.8. The molecule has 134 valence electrons. The summed E-state index contributed by atoms with van der Waals surface area (Å²) in [6.07, 6.45) is 0.545. The lowest BCUT2D eigenvalue weighted by Crippen LogP contribution is -2.15. The van der Waals surface area contributed by atoms with E-state index in [1.807, 2.05) is 0 Å². The lowest BCUT2D eigenvalue weighted by Gasteiger charge is -2.11. The highest BCUT2D eigenvalue weighted by Gasteiger charge is 2.33. The molecule has 1 aromatic carbocycles. The molecule has 0 bridgehead atoms. The molecule has 2 atom stereocenters. The number of ketones is 1. The van der Waals surface area contributed by atoms with Crippen LogP contribution in [0, 0.1) is 5.82 Å². The molecular weight excluding hydrogens is 365 g/mol. The predicted octanol–water partition coefficient (Wildman–Crippen LogP) is 2.22. The summed E-state index contributed by atoms with van der Waals surface area (Å²) in [6.45, 7) is 1.75. The molecule has 0 aliphatic carbocycles. The molecular formula is C16H18FN3O3S2. The van der Waals surface area contributed by atoms with E-state index in [1.165, 1.54) is 36.0 Å². The highest BCUT2D eigenvalue weighted by atomic mass is 32.2. The number of rotatable bonds is 5. The van der Waals surface area contributed by atoms with Crippen LogP contribution in [0.4, 0.5) is 4.39 Å². The van der Waals surface area contributed by atoms with E-state index >= 15 is 0 Å². The molecule has 2 aromatic rings. The summed E-state index contributed by atoms with van der Waals surface area (Å²) in [5.41, 5.74) is 0.436. The lowest BCUT2D eigenvalue weighted by atomic mass is 10.1. The second-order valence-electron chi connectivity index (χ2n) is 6.13. The first-order valence-corrected chi connectivity index (χ1v) is 10.5. The Kier molecular flexibility index (Phi) is 4.97. The van der Waals surface area contributed by atoms with E-state index in [9.17, 15) is 17.6 Å². The van der Waals surface area contributed by atoms with E-state index in [2.05, 4.69) is 10.2 Å². The zero-order valence-electron chi connectivity index (χ0n) is 13.8. The van der Waals surface area contributed by atoms with Crippen molar-refractivity contribution < 1.29 is 17.6 Å². The van der Waals surface area contributed by atoms with Crippen LogP contribution >= 0.6 is 11.8 Å². The highest BCUT2D eigenvalue weighted by molar-refractivity contribution is 8.00. The first kappa shape index (κ1) is 18.1. The fourth-order valence-electron chi connectivity index (χ4n) is 2.84. The van der Waals surface area contributed by atoms with Gasteiger partial charge in [0.15, 0.2) is 20.8 Å². The zero-order valence-corrected chi connectivity index (χ0v) is 15.5. The number of thioether (sulfide) groups is 1. The van der Waals surface area contributed by atoms with Gasteiger partial charge in [0.2, 0.25) is 0 Å². The van der Waals surface area contributed by atoms with Gasteiger partial charge in [-0.25, -0.2) is 12.8 Å². The summed E-state index contributed by atoms with van der Waals surface area (Å²) in [4.78, 5) is 12.4. The summed E-state index contributed by atoms with van der Waals surface area (Å²) in [7, 11) is -1.22. The van der Waals surface area contributed by atoms with Crippen LogP contribution < -0.4 is 0 Å². The molecule has 1 fully saturated rings. The van der Waals surface area contributed by atoms with Crippen molar-refractivity contribution in [2.45, 2.75) is 29.7 Å². The smallest absolute Gasteiger partial charge is 0.191 e. The van der Waals surface area contributed by atoms with Gasteiger partial charge in [-0.05, 0) is 37.6 Å². The minimum Gasteiger partial charge on any atom is -0.309 e. The third kappa shape index (κ3) is 3.92. The maximum absolute atomic E-state index is 13.0. The molecule has 0 spiro atoms. The van der Waals surface area contributed by atoms with Crippen molar-refractivity contribution in [1.82, 2.24) is 14.8 Å². The molecule has 9 heteroatoms. The summed E-state index contributed by atoms with van der Waals surface area (Å²) < 4.78 is 38.0. The number of carbonyl (C=O) groups is 1. The van der Waals surface area contributed by atoms with E-state index in [-0.39, 0.29) is 29.0 Å². The SMILES string of the molecule is C[C@H](Sc1nnc([C@H]2CCS(=O)(=O)C2)n1C)C(=O)c1ccc(F)cc1. The average molecular weight is 383 g/mol. The average Bonchev–Trinajstić information content (AvgIpc) is 3.10. The number of nitrogens with zero attached hydrogens (tertiary/aromatic N) is 3. The lowest BCUT2D eigenvalue weighted by molar-refractivity contribution is 0.0994. The van der Waals surface area contributed by atoms with Gasteiger partial charge in [0.05, 0.1) is 16.8 Å². The van der Waals surface area contributed by atoms with Crippen LogP contribution in [-0.4, -0.2) is 45.7 Å². The third-order valence-corrected chi connectivity index (χ3v) is 7.15. The van der Waals surface area contributed by atoms with Gasteiger partial charge >= 0.3 is 0 Å². The van der Waals surface area contributed by atoms with E-state index in [4.69, 9.17) is 0 Å². The Balaban J connectivity index is 1.73. The normalized spacial score (nSPS) is 20.5. The van der Waals surface area contributed by atoms with Crippen LogP contribution in [0.2, 0.25) is 0 Å². The number of halogens is 1. The monoisotopic (exact) mass is 383 g/mol. The van der Waals surface area contributed by atoms with E-state index < -0.39 is 15.1 Å². The van der Waals surface area contributed by atoms with Crippen molar-refractivity contribution in [3.8, 4) is 0 Å². The second-order valence-corrected chi connectivity index (χ2v) is 9.67. The van der Waals surface area contributed by atoms with Gasteiger partial charge in [-0.2, -0.15) is 0 Å². The molecule has 25 heavy (non-hydrogen) atoms. The molecule has 0 unspecified atom stereocenters. The summed E-state index contributed by atoms with van der Waals surface area (Å²) >= 11 is 1.25. The number of carbonyl (C=O) groups excluding carboxylic acids is 1. The van der Waals surface area contributed by atoms with Crippen molar-refractivity contribution in [3.63, 3.8) is 0 Å². The van der Waals surface area contributed by atoms with Crippen molar-refractivity contribution >= 4 is 27.4 Å². The molecule has 1 aliphatic heterocycles. The van der Waals surface area contributed by atoms with Gasteiger partial charge in [-0.1, -0.05) is 11.8 Å². The maximum atomic E-state index is 13.0. The van der Waals surface area contributed by atoms with Gasteiger partial charge in [0, 0.05) is 18.5 Å². The molecule has 0 N–H and O–H groups in total. The second kappa shape index (κ2) is 6.87. The Hall–Kier alpha value is -1.74. The van der Waals surface area contributed by atoms with Crippen LogP contribution in [0.25, 0.3) is 0 Å². The quantitative estimate of drug-likeness (QED) is 0.582. The third-order valence-electron chi connectivity index (χ3n) is 4.25. The van der Waals surface area contributed by atoms with Gasteiger partial charge in [-0.15, -0.1) is 10.2 Å². The van der Waals surface area contributed by atoms with Crippen LogP contribution in [0.1, 0.15) is 35.4 Å². The molecule has 2 heterocycles. The Morgan fingerprint density at radius 3 is 2.60 bits per heavy atom. The molecule has 1 aromatic heterocycles. The molecule has 1 aliphatic rings. The Bertz CT molecular complexity index is 894. The van der Waals surface area contributed by atoms with E-state index in [1.54, 1.807) is 18.5 Å². The number of hydrogen-bond acceptors (Lipinski definition) is 6. The van der Waals surface area contributed by atoms with Crippen molar-refractivity contribution in [2.24, 2.45) is 7.05 Å². The minimum atomic E-state index is -3.00. The standard InChI is InChI=1S/C16H18FN3O3S2/c1-10(14(21)11-3-5-13(17)6-4-11)24-16-19-18-15(20(16)2)12-7-8-25(22,23)9-12/h3-6,10,12H,7-9H2,1-2H3/t10-,12-/m0/s1. The number of aromatic nitrogens is 3. The molecule has 0 amide bonds. The molecule has 0 saturated carbocycles. The predicted molar refractivity (Wildman–Crippen MR) is 93.1 cm³/mol. The summed E-state index contributed by atoms with van der Waals surface area (Å²) in [5, 5.41) is 8.37. The van der Waals surface area contributed by atoms with Crippen LogP contribution in [0.15, 0.2) is 29.4 Å². The maximum Gasteiger partial charge on any atom is 0.191 e. The topological polar surface area (TPSA) is 81.9 Å². The zero-order chi connectivity index (χ0) is 18.2. The van der Waals surface area contributed by atoms with Crippen molar-refractivity contribution in [1.29, 1.82) is 0 Å². The minimum absolute atomic E-state index is 0.0910. The largest absolute Gasteiger partial charge is 0.309 e. The van der Waals surface area contributed by atoms with Crippen molar-refractivity contribution in [2.75, 3.05) is 11.5 Å². The van der Waals surface area contributed by atoms with Crippen molar-refractivity contribution in [3.05, 3.63) is 41.5 Å².